The molecule has 1 aromatic heterocycles. The lowest BCUT2D eigenvalue weighted by Crippen LogP contribution is -2.28. The van der Waals surface area contributed by atoms with Gasteiger partial charge in [0.05, 0.1) is 29.9 Å². The highest BCUT2D eigenvalue weighted by molar-refractivity contribution is 7.17. The SMILES string of the molecule is CCN(C)/C=N/c1cc(C)c(Oc2nc(CNOC(C)(C)C)c(Cl)s2)cc1C. The number of rotatable bonds is 8. The Morgan fingerprint density at radius 1 is 1.29 bits per heavy atom. The van der Waals surface area contributed by atoms with Crippen LogP contribution in [0.15, 0.2) is 17.1 Å². The molecule has 8 heteroatoms. The number of hydrogen-bond donors (Lipinski definition) is 1. The molecule has 0 atom stereocenters. The number of hydrogen-bond acceptors (Lipinski definition) is 6. The molecule has 0 aliphatic rings. The van der Waals surface area contributed by atoms with Gasteiger partial charge in [-0.1, -0.05) is 22.9 Å². The molecule has 2 aromatic rings. The number of aliphatic imine (C=N–C) groups is 1. The summed E-state index contributed by atoms with van der Waals surface area (Å²) in [5.74, 6) is 0.746. The summed E-state index contributed by atoms with van der Waals surface area (Å²) in [5.41, 5.74) is 6.25. The van der Waals surface area contributed by atoms with Gasteiger partial charge >= 0.3 is 0 Å². The lowest BCUT2D eigenvalue weighted by atomic mass is 10.1. The van der Waals surface area contributed by atoms with Gasteiger partial charge in [-0.3, -0.25) is 4.84 Å². The highest BCUT2D eigenvalue weighted by Gasteiger charge is 2.15. The second-order valence-electron chi connectivity index (χ2n) is 7.56. The van der Waals surface area contributed by atoms with Crippen molar-refractivity contribution in [2.45, 2.75) is 53.7 Å². The zero-order chi connectivity index (χ0) is 20.9. The van der Waals surface area contributed by atoms with E-state index >= 15 is 0 Å². The Morgan fingerprint density at radius 2 is 2.00 bits per heavy atom. The number of benzene rings is 1. The fourth-order valence-corrected chi connectivity index (χ4v) is 3.13. The Bertz CT molecular complexity index is 830. The van der Waals surface area contributed by atoms with Crippen LogP contribution in [0.5, 0.6) is 10.9 Å². The fourth-order valence-electron chi connectivity index (χ4n) is 2.15. The average molecular weight is 425 g/mol. The standard InChI is InChI=1S/C20H29ClN4O2S/c1-8-25(7)12-22-15-9-14(3)17(10-13(15)2)26-19-24-16(18(21)28-19)11-23-27-20(4,5)6/h9-10,12,23H,8,11H2,1-7H3/b22-12+. The quantitative estimate of drug-likeness (QED) is 0.337. The molecule has 6 nitrogen and oxygen atoms in total. The summed E-state index contributed by atoms with van der Waals surface area (Å²) in [7, 11) is 1.99. The van der Waals surface area contributed by atoms with Crippen molar-refractivity contribution < 1.29 is 9.57 Å². The van der Waals surface area contributed by atoms with Gasteiger partial charge < -0.3 is 9.64 Å². The van der Waals surface area contributed by atoms with Crippen molar-refractivity contribution in [1.82, 2.24) is 15.4 Å². The molecule has 1 heterocycles. The first kappa shape index (κ1) is 22.6. The number of ether oxygens (including phenoxy) is 1. The van der Waals surface area contributed by atoms with Crippen molar-refractivity contribution in [2.75, 3.05) is 13.6 Å². The lowest BCUT2D eigenvalue weighted by Gasteiger charge is -2.18. The second-order valence-corrected chi connectivity index (χ2v) is 9.12. The van der Waals surface area contributed by atoms with Gasteiger partial charge in [0, 0.05) is 13.6 Å². The summed E-state index contributed by atoms with van der Waals surface area (Å²) >= 11 is 7.60. The number of nitrogens with one attached hydrogen (secondary N) is 1. The molecule has 28 heavy (non-hydrogen) atoms. The minimum atomic E-state index is -0.285. The molecule has 0 saturated carbocycles. The highest BCUT2D eigenvalue weighted by atomic mass is 35.5. The summed E-state index contributed by atoms with van der Waals surface area (Å²) in [4.78, 5) is 16.6. The Balaban J connectivity index is 2.10. The zero-order valence-electron chi connectivity index (χ0n) is 17.6. The Morgan fingerprint density at radius 3 is 2.64 bits per heavy atom. The van der Waals surface area contributed by atoms with E-state index in [0.717, 1.165) is 29.1 Å². The third-order valence-corrected chi connectivity index (χ3v) is 5.05. The molecular weight excluding hydrogens is 396 g/mol. The monoisotopic (exact) mass is 424 g/mol. The predicted octanol–water partition coefficient (Wildman–Crippen LogP) is 5.64. The highest BCUT2D eigenvalue weighted by Crippen LogP contribution is 2.36. The van der Waals surface area contributed by atoms with E-state index in [9.17, 15) is 0 Å². The van der Waals surface area contributed by atoms with E-state index < -0.39 is 0 Å². The van der Waals surface area contributed by atoms with Crippen molar-refractivity contribution in [1.29, 1.82) is 0 Å². The van der Waals surface area contributed by atoms with E-state index in [4.69, 9.17) is 21.2 Å². The largest absolute Gasteiger partial charge is 0.431 e. The third kappa shape index (κ3) is 6.74. The molecular formula is C20H29ClN4O2S. The van der Waals surface area contributed by atoms with Gasteiger partial charge in [-0.05, 0) is 64.8 Å². The van der Waals surface area contributed by atoms with E-state index in [1.54, 1.807) is 0 Å². The number of halogens is 1. The molecule has 2 rings (SSSR count). The van der Waals surface area contributed by atoms with Gasteiger partial charge in [0.15, 0.2) is 0 Å². The maximum atomic E-state index is 6.30. The minimum absolute atomic E-state index is 0.285. The number of aromatic nitrogens is 1. The van der Waals surface area contributed by atoms with E-state index in [0.29, 0.717) is 21.8 Å². The first-order chi connectivity index (χ1) is 13.1. The molecule has 0 bridgehead atoms. The fraction of sp³-hybridized carbons (Fsp3) is 0.500. The summed E-state index contributed by atoms with van der Waals surface area (Å²) in [6.45, 7) is 13.3. The van der Waals surface area contributed by atoms with Crippen LogP contribution >= 0.6 is 22.9 Å². The zero-order valence-corrected chi connectivity index (χ0v) is 19.2. The van der Waals surface area contributed by atoms with Crippen molar-refractivity contribution in [3.05, 3.63) is 33.3 Å². The topological polar surface area (TPSA) is 59.0 Å². The Kier molecular flexibility index (Phi) is 7.83. The minimum Gasteiger partial charge on any atom is -0.431 e. The first-order valence-corrected chi connectivity index (χ1v) is 10.4. The van der Waals surface area contributed by atoms with Crippen LogP contribution in [0.25, 0.3) is 0 Å². The average Bonchev–Trinajstić information content (AvgIpc) is 2.94. The number of aryl methyl sites for hydroxylation is 2. The Hall–Kier alpha value is -1.67. The summed E-state index contributed by atoms with van der Waals surface area (Å²) < 4.78 is 6.57. The van der Waals surface area contributed by atoms with Gasteiger partial charge in [-0.15, -0.1) is 0 Å². The molecule has 0 saturated heterocycles. The van der Waals surface area contributed by atoms with Gasteiger partial charge in [-0.2, -0.15) is 5.48 Å². The number of nitrogens with zero attached hydrogens (tertiary/aromatic N) is 3. The first-order valence-electron chi connectivity index (χ1n) is 9.18. The van der Waals surface area contributed by atoms with Crippen LogP contribution < -0.4 is 10.2 Å². The van der Waals surface area contributed by atoms with Crippen LogP contribution in [0.3, 0.4) is 0 Å². The molecule has 0 fully saturated rings. The maximum Gasteiger partial charge on any atom is 0.280 e. The van der Waals surface area contributed by atoms with Crippen molar-refractivity contribution in [3.8, 4) is 10.9 Å². The second kappa shape index (κ2) is 9.69. The van der Waals surface area contributed by atoms with Crippen LogP contribution in [0.2, 0.25) is 4.34 Å². The summed E-state index contributed by atoms with van der Waals surface area (Å²) in [6.07, 6.45) is 1.84. The molecule has 154 valence electrons. The van der Waals surface area contributed by atoms with Gasteiger partial charge in [-0.25, -0.2) is 9.98 Å². The predicted molar refractivity (Wildman–Crippen MR) is 117 cm³/mol. The van der Waals surface area contributed by atoms with Crippen LogP contribution in [-0.2, 0) is 11.4 Å². The summed E-state index contributed by atoms with van der Waals surface area (Å²) in [6, 6.07) is 3.99. The van der Waals surface area contributed by atoms with E-state index in [-0.39, 0.29) is 5.60 Å². The molecule has 0 aliphatic heterocycles. The maximum absolute atomic E-state index is 6.30. The van der Waals surface area contributed by atoms with Crippen LogP contribution in [0.4, 0.5) is 5.69 Å². The number of thiazole rings is 1. The molecule has 1 aromatic carbocycles. The van der Waals surface area contributed by atoms with Crippen molar-refractivity contribution >= 4 is 35.0 Å². The van der Waals surface area contributed by atoms with E-state index in [1.807, 2.05) is 65.0 Å². The van der Waals surface area contributed by atoms with Gasteiger partial charge in [0.1, 0.15) is 10.1 Å². The van der Waals surface area contributed by atoms with Crippen molar-refractivity contribution in [3.63, 3.8) is 0 Å². The molecule has 0 amide bonds. The molecule has 0 unspecified atom stereocenters. The molecule has 0 spiro atoms. The molecule has 1 N–H and O–H groups in total. The van der Waals surface area contributed by atoms with Crippen LogP contribution in [-0.4, -0.2) is 35.4 Å². The third-order valence-electron chi connectivity index (χ3n) is 3.83. The lowest BCUT2D eigenvalue weighted by molar-refractivity contribution is -0.0760. The number of hydroxylamine groups is 1. The summed E-state index contributed by atoms with van der Waals surface area (Å²) in [5, 5.41) is 0.502. The van der Waals surface area contributed by atoms with E-state index in [2.05, 4.69) is 22.4 Å². The van der Waals surface area contributed by atoms with E-state index in [1.165, 1.54) is 11.3 Å². The van der Waals surface area contributed by atoms with Gasteiger partial charge in [0.25, 0.3) is 5.19 Å². The molecule has 0 aliphatic carbocycles. The van der Waals surface area contributed by atoms with Crippen LogP contribution in [0.1, 0.15) is 44.5 Å². The molecule has 0 radical (unpaired) electrons. The normalized spacial score (nSPS) is 12.0. The Labute approximate surface area is 176 Å². The smallest absolute Gasteiger partial charge is 0.280 e. The van der Waals surface area contributed by atoms with Crippen LogP contribution in [0, 0.1) is 13.8 Å². The van der Waals surface area contributed by atoms with Crippen molar-refractivity contribution in [2.24, 2.45) is 4.99 Å². The van der Waals surface area contributed by atoms with Gasteiger partial charge in [0.2, 0.25) is 0 Å².